The fourth-order valence-corrected chi connectivity index (χ4v) is 2.32. The highest BCUT2D eigenvalue weighted by molar-refractivity contribution is 5.78. The summed E-state index contributed by atoms with van der Waals surface area (Å²) < 4.78 is 0. The standard InChI is InChI=1S/C16H21NO2/c1-2-3-4-5-10-15(18)14-11-16(19)12-8-6-7-9-13(12)17-14/h6-9,11,15,18H,2-5,10H2,1H3,(H,17,19). The predicted molar refractivity (Wildman–Crippen MR) is 78.3 cm³/mol. The van der Waals surface area contributed by atoms with E-state index >= 15 is 0 Å². The molecule has 1 aromatic heterocycles. The number of para-hydroxylation sites is 1. The van der Waals surface area contributed by atoms with Gasteiger partial charge in [-0.25, -0.2) is 0 Å². The van der Waals surface area contributed by atoms with Crippen LogP contribution in [0.1, 0.15) is 50.8 Å². The Labute approximate surface area is 113 Å². The van der Waals surface area contributed by atoms with Crippen LogP contribution in [0.2, 0.25) is 0 Å². The quantitative estimate of drug-likeness (QED) is 0.780. The molecule has 0 amide bonds. The molecule has 0 radical (unpaired) electrons. The SMILES string of the molecule is CCCCCCC(O)c1cc(=O)c2ccccc2[nH]1. The number of unbranched alkanes of at least 4 members (excludes halogenated alkanes) is 3. The maximum absolute atomic E-state index is 11.9. The smallest absolute Gasteiger partial charge is 0.189 e. The summed E-state index contributed by atoms with van der Waals surface area (Å²) in [5, 5.41) is 10.8. The molecule has 1 atom stereocenters. The first kappa shape index (κ1) is 13.8. The molecule has 0 saturated heterocycles. The van der Waals surface area contributed by atoms with Crippen molar-refractivity contribution in [3.63, 3.8) is 0 Å². The van der Waals surface area contributed by atoms with Gasteiger partial charge in [0.25, 0.3) is 0 Å². The molecule has 1 heterocycles. The van der Waals surface area contributed by atoms with E-state index in [1.165, 1.54) is 18.9 Å². The van der Waals surface area contributed by atoms with Gasteiger partial charge >= 0.3 is 0 Å². The molecule has 19 heavy (non-hydrogen) atoms. The first-order valence-corrected chi connectivity index (χ1v) is 7.02. The van der Waals surface area contributed by atoms with Gasteiger partial charge in [-0.3, -0.25) is 4.79 Å². The minimum Gasteiger partial charge on any atom is -0.387 e. The third-order valence-corrected chi connectivity index (χ3v) is 3.45. The molecule has 102 valence electrons. The summed E-state index contributed by atoms with van der Waals surface area (Å²) in [6, 6.07) is 8.91. The van der Waals surface area contributed by atoms with Crippen molar-refractivity contribution in [2.45, 2.75) is 45.1 Å². The lowest BCUT2D eigenvalue weighted by atomic mass is 10.1. The monoisotopic (exact) mass is 259 g/mol. The molecule has 0 aliphatic rings. The number of pyridine rings is 1. The first-order valence-electron chi connectivity index (χ1n) is 7.02. The van der Waals surface area contributed by atoms with E-state index in [2.05, 4.69) is 11.9 Å². The minimum absolute atomic E-state index is 0.0306. The molecule has 0 bridgehead atoms. The number of benzene rings is 1. The van der Waals surface area contributed by atoms with Gasteiger partial charge in [-0.05, 0) is 18.6 Å². The predicted octanol–water partition coefficient (Wildman–Crippen LogP) is 3.53. The normalized spacial score (nSPS) is 12.7. The Balaban J connectivity index is 2.14. The van der Waals surface area contributed by atoms with E-state index in [0.717, 1.165) is 18.4 Å². The Morgan fingerprint density at radius 3 is 2.79 bits per heavy atom. The highest BCUT2D eigenvalue weighted by Crippen LogP contribution is 2.19. The maximum Gasteiger partial charge on any atom is 0.189 e. The van der Waals surface area contributed by atoms with Crippen molar-refractivity contribution in [3.05, 3.63) is 46.2 Å². The summed E-state index contributed by atoms with van der Waals surface area (Å²) in [7, 11) is 0. The van der Waals surface area contributed by atoms with Crippen molar-refractivity contribution in [1.29, 1.82) is 0 Å². The molecule has 1 unspecified atom stereocenters. The summed E-state index contributed by atoms with van der Waals surface area (Å²) in [5.74, 6) is 0. The summed E-state index contributed by atoms with van der Waals surface area (Å²) >= 11 is 0. The molecule has 0 spiro atoms. The lowest BCUT2D eigenvalue weighted by molar-refractivity contribution is 0.159. The van der Waals surface area contributed by atoms with Crippen LogP contribution in [0.25, 0.3) is 10.9 Å². The largest absolute Gasteiger partial charge is 0.387 e. The van der Waals surface area contributed by atoms with Crippen molar-refractivity contribution >= 4 is 10.9 Å². The van der Waals surface area contributed by atoms with Gasteiger partial charge in [0.15, 0.2) is 5.43 Å². The average Bonchev–Trinajstić information content (AvgIpc) is 2.43. The van der Waals surface area contributed by atoms with Crippen LogP contribution in [0.4, 0.5) is 0 Å². The molecule has 0 saturated carbocycles. The maximum atomic E-state index is 11.9. The molecule has 2 aromatic rings. The van der Waals surface area contributed by atoms with E-state index < -0.39 is 6.10 Å². The molecule has 3 nitrogen and oxygen atoms in total. The molecular weight excluding hydrogens is 238 g/mol. The second-order valence-electron chi connectivity index (χ2n) is 5.00. The van der Waals surface area contributed by atoms with Crippen LogP contribution in [0.15, 0.2) is 35.1 Å². The topological polar surface area (TPSA) is 53.1 Å². The minimum atomic E-state index is -0.575. The first-order chi connectivity index (χ1) is 9.22. The molecule has 2 N–H and O–H groups in total. The number of H-pyrrole nitrogens is 1. The zero-order chi connectivity index (χ0) is 13.7. The van der Waals surface area contributed by atoms with Crippen LogP contribution in [-0.2, 0) is 0 Å². The average molecular weight is 259 g/mol. The number of aliphatic hydroxyl groups excluding tert-OH is 1. The lowest BCUT2D eigenvalue weighted by Crippen LogP contribution is -2.09. The summed E-state index contributed by atoms with van der Waals surface area (Å²) in [5.41, 5.74) is 1.38. The third kappa shape index (κ3) is 3.44. The number of aromatic nitrogens is 1. The third-order valence-electron chi connectivity index (χ3n) is 3.45. The Hall–Kier alpha value is -1.61. The van der Waals surface area contributed by atoms with Crippen molar-refractivity contribution in [1.82, 2.24) is 4.98 Å². The van der Waals surface area contributed by atoms with Crippen molar-refractivity contribution < 1.29 is 5.11 Å². The van der Waals surface area contributed by atoms with Crippen molar-refractivity contribution in [2.24, 2.45) is 0 Å². The van der Waals surface area contributed by atoms with E-state index in [0.29, 0.717) is 17.5 Å². The molecular formula is C16H21NO2. The van der Waals surface area contributed by atoms with Gasteiger partial charge in [-0.15, -0.1) is 0 Å². The number of hydrogen-bond acceptors (Lipinski definition) is 2. The molecule has 0 fully saturated rings. The van der Waals surface area contributed by atoms with Crippen molar-refractivity contribution in [3.8, 4) is 0 Å². The number of rotatable bonds is 6. The summed E-state index contributed by atoms with van der Waals surface area (Å²) in [6.07, 6.45) is 4.63. The Kier molecular flexibility index (Phi) is 4.74. The van der Waals surface area contributed by atoms with Gasteiger partial charge < -0.3 is 10.1 Å². The number of nitrogens with one attached hydrogen (secondary N) is 1. The highest BCUT2D eigenvalue weighted by Gasteiger charge is 2.10. The summed E-state index contributed by atoms with van der Waals surface area (Å²) in [4.78, 5) is 15.1. The molecule has 0 aliphatic carbocycles. The molecule has 3 heteroatoms. The number of hydrogen-bond donors (Lipinski definition) is 2. The van der Waals surface area contributed by atoms with Gasteiger partial charge in [-0.2, -0.15) is 0 Å². The van der Waals surface area contributed by atoms with Gasteiger partial charge in [0.1, 0.15) is 0 Å². The Morgan fingerprint density at radius 2 is 2.00 bits per heavy atom. The Bertz CT molecular complexity index is 589. The second kappa shape index (κ2) is 6.53. The molecule has 1 aromatic carbocycles. The highest BCUT2D eigenvalue weighted by atomic mass is 16.3. The van der Waals surface area contributed by atoms with Crippen LogP contribution < -0.4 is 5.43 Å². The van der Waals surface area contributed by atoms with Gasteiger partial charge in [-0.1, -0.05) is 44.7 Å². The van der Waals surface area contributed by atoms with Gasteiger partial charge in [0, 0.05) is 22.7 Å². The van der Waals surface area contributed by atoms with Crippen LogP contribution in [0, 0.1) is 0 Å². The van der Waals surface area contributed by atoms with Crippen LogP contribution >= 0.6 is 0 Å². The molecule has 0 aliphatic heterocycles. The number of aromatic amines is 1. The van der Waals surface area contributed by atoms with E-state index in [-0.39, 0.29) is 5.43 Å². The van der Waals surface area contributed by atoms with Gasteiger partial charge in [0.2, 0.25) is 0 Å². The van der Waals surface area contributed by atoms with E-state index in [1.54, 1.807) is 6.07 Å². The lowest BCUT2D eigenvalue weighted by Gasteiger charge is -2.11. The van der Waals surface area contributed by atoms with Crippen LogP contribution in [0.5, 0.6) is 0 Å². The van der Waals surface area contributed by atoms with E-state index in [4.69, 9.17) is 0 Å². The molecule has 2 rings (SSSR count). The van der Waals surface area contributed by atoms with E-state index in [1.807, 2.05) is 18.2 Å². The fourth-order valence-electron chi connectivity index (χ4n) is 2.32. The zero-order valence-corrected chi connectivity index (χ0v) is 11.4. The fraction of sp³-hybridized carbons (Fsp3) is 0.438. The van der Waals surface area contributed by atoms with Gasteiger partial charge in [0.05, 0.1) is 6.10 Å². The van der Waals surface area contributed by atoms with Crippen LogP contribution in [-0.4, -0.2) is 10.1 Å². The zero-order valence-electron chi connectivity index (χ0n) is 11.4. The number of aliphatic hydroxyl groups is 1. The second-order valence-corrected chi connectivity index (χ2v) is 5.00. The van der Waals surface area contributed by atoms with Crippen LogP contribution in [0.3, 0.4) is 0 Å². The number of fused-ring (bicyclic) bond motifs is 1. The Morgan fingerprint density at radius 1 is 1.21 bits per heavy atom. The van der Waals surface area contributed by atoms with Crippen molar-refractivity contribution in [2.75, 3.05) is 0 Å². The summed E-state index contributed by atoms with van der Waals surface area (Å²) in [6.45, 7) is 2.16. The van der Waals surface area contributed by atoms with E-state index in [9.17, 15) is 9.90 Å².